The highest BCUT2D eigenvalue weighted by Gasteiger charge is 2.29. The molecule has 0 aliphatic carbocycles. The molecule has 0 unspecified atom stereocenters. The summed E-state index contributed by atoms with van der Waals surface area (Å²) in [6, 6.07) is 15.9. The first-order valence-electron chi connectivity index (χ1n) is 13.4. The van der Waals surface area contributed by atoms with Crippen LogP contribution in [0.25, 0.3) is 27.7 Å². The van der Waals surface area contributed by atoms with Gasteiger partial charge in [0.05, 0.1) is 22.3 Å². The lowest BCUT2D eigenvalue weighted by atomic mass is 10.1. The van der Waals surface area contributed by atoms with Gasteiger partial charge in [0.2, 0.25) is 0 Å². The number of piperazine rings is 1. The molecule has 6 rings (SSSR count). The summed E-state index contributed by atoms with van der Waals surface area (Å²) in [4.78, 5) is 21.1. The molecule has 1 saturated heterocycles. The van der Waals surface area contributed by atoms with Gasteiger partial charge in [-0.05, 0) is 62.7 Å². The van der Waals surface area contributed by atoms with Gasteiger partial charge in [-0.15, -0.1) is 0 Å². The Kier molecular flexibility index (Phi) is 6.74. The summed E-state index contributed by atoms with van der Waals surface area (Å²) in [6.45, 7) is 8.02. The molecule has 41 heavy (non-hydrogen) atoms. The van der Waals surface area contributed by atoms with Crippen LogP contribution in [-0.4, -0.2) is 79.9 Å². The van der Waals surface area contributed by atoms with Crippen LogP contribution in [0.15, 0.2) is 78.1 Å². The number of carbonyl (C=O) groups excluding carboxylic acids is 1. The Morgan fingerprint density at radius 1 is 0.927 bits per heavy atom. The Morgan fingerprint density at radius 2 is 1.68 bits per heavy atom. The SMILES string of the molecule is CC(C)(C)OC(=O)N1CCN(Cc2cc3c(-c4cnn5ncccc45)ccnc3n2S(=O)(=O)c2ccccc2)CC1. The first-order chi connectivity index (χ1) is 19.6. The number of carbonyl (C=O) groups is 1. The number of benzene rings is 1. The minimum Gasteiger partial charge on any atom is -0.444 e. The normalized spacial score (nSPS) is 15.0. The lowest BCUT2D eigenvalue weighted by Gasteiger charge is -2.35. The van der Waals surface area contributed by atoms with Gasteiger partial charge in [0, 0.05) is 56.1 Å². The molecule has 212 valence electrons. The highest BCUT2D eigenvalue weighted by Crippen LogP contribution is 2.34. The Labute approximate surface area is 238 Å². The highest BCUT2D eigenvalue weighted by molar-refractivity contribution is 7.90. The van der Waals surface area contributed by atoms with Gasteiger partial charge < -0.3 is 9.64 Å². The molecule has 0 bridgehead atoms. The number of pyridine rings is 1. The summed E-state index contributed by atoms with van der Waals surface area (Å²) >= 11 is 0. The van der Waals surface area contributed by atoms with Crippen LogP contribution in [0.2, 0.25) is 0 Å². The standard InChI is InChI=1S/C29H31N7O4S/c1-29(2,3)40-28(37)34-16-14-33(15-17-34)20-21-18-24-23(25-19-32-36-26(25)10-7-12-31-36)11-13-30-27(24)35(21)41(38,39)22-8-5-4-6-9-22/h4-13,18-19H,14-17,20H2,1-3H3. The molecule has 4 aromatic heterocycles. The fraction of sp³-hybridized carbons (Fsp3) is 0.310. The molecule has 5 aromatic rings. The van der Waals surface area contributed by atoms with E-state index in [1.54, 1.807) is 58.5 Å². The minimum atomic E-state index is -3.97. The third kappa shape index (κ3) is 5.16. The summed E-state index contributed by atoms with van der Waals surface area (Å²) in [5, 5.41) is 9.35. The molecule has 1 amide bonds. The largest absolute Gasteiger partial charge is 0.444 e. The van der Waals surface area contributed by atoms with Gasteiger partial charge >= 0.3 is 6.09 Å². The van der Waals surface area contributed by atoms with Crippen LogP contribution >= 0.6 is 0 Å². The van der Waals surface area contributed by atoms with Crippen LogP contribution in [0.1, 0.15) is 26.5 Å². The zero-order valence-corrected chi connectivity index (χ0v) is 24.0. The van der Waals surface area contributed by atoms with Crippen molar-refractivity contribution < 1.29 is 17.9 Å². The van der Waals surface area contributed by atoms with E-state index < -0.39 is 15.6 Å². The molecule has 1 aromatic carbocycles. The monoisotopic (exact) mass is 573 g/mol. The molecule has 0 saturated carbocycles. The smallest absolute Gasteiger partial charge is 0.410 e. The molecule has 0 atom stereocenters. The van der Waals surface area contributed by atoms with Gasteiger partial charge in [-0.2, -0.15) is 14.8 Å². The zero-order chi connectivity index (χ0) is 28.8. The van der Waals surface area contributed by atoms with Crippen molar-refractivity contribution in [2.24, 2.45) is 0 Å². The maximum atomic E-state index is 14.1. The first-order valence-corrected chi connectivity index (χ1v) is 14.9. The van der Waals surface area contributed by atoms with Gasteiger partial charge in [0.25, 0.3) is 10.0 Å². The maximum Gasteiger partial charge on any atom is 0.410 e. The second-order valence-electron chi connectivity index (χ2n) is 11.0. The van der Waals surface area contributed by atoms with Gasteiger partial charge in [0.15, 0.2) is 5.65 Å². The van der Waals surface area contributed by atoms with Gasteiger partial charge in [-0.3, -0.25) is 4.90 Å². The number of rotatable bonds is 5. The van der Waals surface area contributed by atoms with Crippen molar-refractivity contribution >= 4 is 32.7 Å². The van der Waals surface area contributed by atoms with Crippen LogP contribution in [-0.2, 0) is 21.3 Å². The lowest BCUT2D eigenvalue weighted by Crippen LogP contribution is -2.49. The van der Waals surface area contributed by atoms with E-state index in [9.17, 15) is 13.2 Å². The van der Waals surface area contributed by atoms with Crippen molar-refractivity contribution in [3.63, 3.8) is 0 Å². The number of fused-ring (bicyclic) bond motifs is 2. The van der Waals surface area contributed by atoms with E-state index in [1.807, 2.05) is 45.0 Å². The van der Waals surface area contributed by atoms with Crippen LogP contribution in [0.5, 0.6) is 0 Å². The van der Waals surface area contributed by atoms with E-state index in [0.717, 1.165) is 16.6 Å². The van der Waals surface area contributed by atoms with Crippen LogP contribution in [0, 0.1) is 0 Å². The van der Waals surface area contributed by atoms with Crippen LogP contribution in [0.4, 0.5) is 4.79 Å². The van der Waals surface area contributed by atoms with Crippen molar-refractivity contribution in [3.05, 3.63) is 78.9 Å². The van der Waals surface area contributed by atoms with E-state index in [1.165, 1.54) is 3.97 Å². The molecular weight excluding hydrogens is 542 g/mol. The molecule has 12 heteroatoms. The second-order valence-corrected chi connectivity index (χ2v) is 12.8. The van der Waals surface area contributed by atoms with E-state index in [0.29, 0.717) is 49.5 Å². The van der Waals surface area contributed by atoms with Crippen LogP contribution in [0.3, 0.4) is 0 Å². The van der Waals surface area contributed by atoms with Crippen molar-refractivity contribution in [2.75, 3.05) is 26.2 Å². The van der Waals surface area contributed by atoms with E-state index in [4.69, 9.17) is 4.74 Å². The molecule has 1 aliphatic rings. The summed E-state index contributed by atoms with van der Waals surface area (Å²) in [7, 11) is -3.97. The first kappa shape index (κ1) is 26.9. The third-order valence-electron chi connectivity index (χ3n) is 7.02. The molecule has 0 radical (unpaired) electrons. The summed E-state index contributed by atoms with van der Waals surface area (Å²) in [5.41, 5.74) is 2.82. The highest BCUT2D eigenvalue weighted by atomic mass is 32.2. The van der Waals surface area contributed by atoms with Crippen molar-refractivity contribution in [1.82, 2.24) is 33.6 Å². The number of ether oxygens (including phenoxy) is 1. The van der Waals surface area contributed by atoms with Gasteiger partial charge in [0.1, 0.15) is 5.60 Å². The fourth-order valence-electron chi connectivity index (χ4n) is 5.12. The average molecular weight is 574 g/mol. The molecule has 11 nitrogen and oxygen atoms in total. The van der Waals surface area contributed by atoms with Crippen molar-refractivity contribution in [3.8, 4) is 11.1 Å². The lowest BCUT2D eigenvalue weighted by molar-refractivity contribution is 0.0138. The van der Waals surface area contributed by atoms with Gasteiger partial charge in [-0.1, -0.05) is 18.2 Å². The topological polar surface area (TPSA) is 115 Å². The molecule has 0 N–H and O–H groups in total. The van der Waals surface area contributed by atoms with Crippen molar-refractivity contribution in [1.29, 1.82) is 0 Å². The summed E-state index contributed by atoms with van der Waals surface area (Å²) in [6.07, 6.45) is 4.68. The molecule has 5 heterocycles. The maximum absolute atomic E-state index is 14.1. The predicted molar refractivity (Wildman–Crippen MR) is 154 cm³/mol. The quantitative estimate of drug-likeness (QED) is 0.310. The Morgan fingerprint density at radius 3 is 2.41 bits per heavy atom. The third-order valence-corrected chi connectivity index (χ3v) is 8.77. The molecule has 1 aliphatic heterocycles. The van der Waals surface area contributed by atoms with E-state index >= 15 is 0 Å². The van der Waals surface area contributed by atoms with Crippen LogP contribution < -0.4 is 0 Å². The number of aromatic nitrogens is 5. The Bertz CT molecular complexity index is 1830. The van der Waals surface area contributed by atoms with E-state index in [-0.39, 0.29) is 11.0 Å². The predicted octanol–water partition coefficient (Wildman–Crippen LogP) is 4.04. The second kappa shape index (κ2) is 10.3. The van der Waals surface area contributed by atoms with E-state index in [2.05, 4.69) is 20.1 Å². The molecule has 0 spiro atoms. The number of hydrogen-bond acceptors (Lipinski definition) is 8. The number of hydrogen-bond donors (Lipinski definition) is 0. The average Bonchev–Trinajstić information content (AvgIpc) is 3.55. The Balaban J connectivity index is 1.40. The number of amides is 1. The minimum absolute atomic E-state index is 0.181. The summed E-state index contributed by atoms with van der Waals surface area (Å²) < 4.78 is 36.6. The molecule has 1 fully saturated rings. The molecular formula is C29H31N7O4S. The van der Waals surface area contributed by atoms with Crippen molar-refractivity contribution in [2.45, 2.75) is 37.8 Å². The van der Waals surface area contributed by atoms with Gasteiger partial charge in [-0.25, -0.2) is 22.2 Å². The fourth-order valence-corrected chi connectivity index (χ4v) is 6.63. The Hall–Kier alpha value is -4.29. The zero-order valence-electron chi connectivity index (χ0n) is 23.1. The number of nitrogens with zero attached hydrogens (tertiary/aromatic N) is 7. The summed E-state index contributed by atoms with van der Waals surface area (Å²) in [5.74, 6) is 0.